The number of ether oxygens (including phenoxy) is 1. The van der Waals surface area contributed by atoms with Gasteiger partial charge in [0, 0.05) is 12.0 Å². The molecule has 2 nitrogen and oxygen atoms in total. The Morgan fingerprint density at radius 1 is 1.06 bits per heavy atom. The summed E-state index contributed by atoms with van der Waals surface area (Å²) in [4.78, 5) is 0. The quantitative estimate of drug-likeness (QED) is 0.579. The Morgan fingerprint density at radius 3 is 2.19 bits per heavy atom. The average Bonchev–Trinajstić information content (AvgIpc) is 2.27. The molecule has 16 heavy (non-hydrogen) atoms. The predicted molar refractivity (Wildman–Crippen MR) is 69.7 cm³/mol. The maximum Gasteiger partial charge on any atom is 0.0619 e. The lowest BCUT2D eigenvalue weighted by atomic mass is 9.88. The molecule has 1 N–H and O–H groups in total. The van der Waals surface area contributed by atoms with Crippen LogP contribution >= 0.6 is 0 Å². The fourth-order valence-corrected chi connectivity index (χ4v) is 1.50. The van der Waals surface area contributed by atoms with E-state index in [4.69, 9.17) is 4.74 Å². The molecule has 0 aliphatic carbocycles. The zero-order chi connectivity index (χ0) is 12.4. The van der Waals surface area contributed by atoms with Crippen LogP contribution in [0.4, 0.5) is 0 Å². The first kappa shape index (κ1) is 15.9. The molecule has 0 fully saturated rings. The fourth-order valence-electron chi connectivity index (χ4n) is 1.50. The molecule has 0 saturated carbocycles. The van der Waals surface area contributed by atoms with Crippen molar-refractivity contribution >= 4 is 0 Å². The highest BCUT2D eigenvalue weighted by molar-refractivity contribution is 4.74. The fraction of sp³-hybridized carbons (Fsp3) is 1.00. The van der Waals surface area contributed by atoms with Gasteiger partial charge in [0.15, 0.2) is 0 Å². The van der Waals surface area contributed by atoms with Gasteiger partial charge in [-0.05, 0) is 13.3 Å². The van der Waals surface area contributed by atoms with Gasteiger partial charge in [0.2, 0.25) is 0 Å². The highest BCUT2D eigenvalue weighted by Crippen LogP contribution is 2.22. The summed E-state index contributed by atoms with van der Waals surface area (Å²) in [6.07, 6.45) is 7.89. The number of aliphatic hydroxyl groups is 1. The number of hydrogen-bond donors (Lipinski definition) is 1. The monoisotopic (exact) mass is 230 g/mol. The van der Waals surface area contributed by atoms with Crippen molar-refractivity contribution in [3.05, 3.63) is 0 Å². The lowest BCUT2D eigenvalue weighted by Gasteiger charge is -2.29. The zero-order valence-corrected chi connectivity index (χ0v) is 11.6. The number of aliphatic hydroxyl groups excluding tert-OH is 1. The molecular formula is C14H30O2. The van der Waals surface area contributed by atoms with Gasteiger partial charge in [-0.25, -0.2) is 0 Å². The van der Waals surface area contributed by atoms with Crippen LogP contribution in [0.1, 0.15) is 66.2 Å². The van der Waals surface area contributed by atoms with E-state index >= 15 is 0 Å². The molecule has 1 atom stereocenters. The Kier molecular flexibility index (Phi) is 8.96. The summed E-state index contributed by atoms with van der Waals surface area (Å²) in [5, 5.41) is 9.18. The molecule has 0 rings (SSSR count). The molecule has 0 radical (unpaired) electrons. The molecule has 98 valence electrons. The van der Waals surface area contributed by atoms with Gasteiger partial charge in [0.05, 0.1) is 12.7 Å². The van der Waals surface area contributed by atoms with Gasteiger partial charge in [-0.2, -0.15) is 0 Å². The third-order valence-electron chi connectivity index (χ3n) is 3.37. The van der Waals surface area contributed by atoms with E-state index in [0.29, 0.717) is 0 Å². The van der Waals surface area contributed by atoms with Gasteiger partial charge in [-0.3, -0.25) is 0 Å². The standard InChI is InChI=1S/C14H30O2/c1-5-6-7-8-9-10-11-16-13(2)14(3,4)12-15/h13,15H,5-12H2,1-4H3. The van der Waals surface area contributed by atoms with E-state index in [1.165, 1.54) is 32.1 Å². The molecular weight excluding hydrogens is 200 g/mol. The normalized spacial score (nSPS) is 14.1. The first-order valence-corrected chi connectivity index (χ1v) is 6.77. The maximum atomic E-state index is 9.18. The minimum Gasteiger partial charge on any atom is -0.396 e. The summed E-state index contributed by atoms with van der Waals surface area (Å²) in [5.74, 6) is 0. The summed E-state index contributed by atoms with van der Waals surface area (Å²) in [6.45, 7) is 9.38. The highest BCUT2D eigenvalue weighted by Gasteiger charge is 2.25. The SMILES string of the molecule is CCCCCCCCOC(C)C(C)(C)CO. The van der Waals surface area contributed by atoms with Gasteiger partial charge >= 0.3 is 0 Å². The molecule has 0 amide bonds. The van der Waals surface area contributed by atoms with Gasteiger partial charge in [0.25, 0.3) is 0 Å². The van der Waals surface area contributed by atoms with Crippen LogP contribution in [0, 0.1) is 5.41 Å². The van der Waals surface area contributed by atoms with Crippen molar-refractivity contribution in [2.45, 2.75) is 72.3 Å². The zero-order valence-electron chi connectivity index (χ0n) is 11.6. The summed E-state index contributed by atoms with van der Waals surface area (Å²) in [7, 11) is 0. The van der Waals surface area contributed by atoms with Crippen molar-refractivity contribution in [2.24, 2.45) is 5.41 Å². The molecule has 0 heterocycles. The topological polar surface area (TPSA) is 29.5 Å². The number of hydrogen-bond acceptors (Lipinski definition) is 2. The van der Waals surface area contributed by atoms with Crippen molar-refractivity contribution in [3.63, 3.8) is 0 Å². The molecule has 2 heteroatoms. The Bertz CT molecular complexity index is 155. The Balaban J connectivity index is 3.38. The van der Waals surface area contributed by atoms with Crippen LogP contribution in [0.2, 0.25) is 0 Å². The molecule has 1 unspecified atom stereocenters. The van der Waals surface area contributed by atoms with Crippen LogP contribution in [0.25, 0.3) is 0 Å². The second-order valence-corrected chi connectivity index (χ2v) is 5.43. The second-order valence-electron chi connectivity index (χ2n) is 5.43. The first-order valence-electron chi connectivity index (χ1n) is 6.77. The summed E-state index contributed by atoms with van der Waals surface area (Å²) < 4.78 is 5.74. The lowest BCUT2D eigenvalue weighted by Crippen LogP contribution is -2.33. The van der Waals surface area contributed by atoms with Crippen LogP contribution in [-0.4, -0.2) is 24.4 Å². The maximum absolute atomic E-state index is 9.18. The Hall–Kier alpha value is -0.0800. The van der Waals surface area contributed by atoms with Gasteiger partial charge in [-0.15, -0.1) is 0 Å². The van der Waals surface area contributed by atoms with E-state index in [0.717, 1.165) is 13.0 Å². The molecule has 0 bridgehead atoms. The van der Waals surface area contributed by atoms with E-state index in [-0.39, 0.29) is 18.1 Å². The molecule has 0 aromatic carbocycles. The van der Waals surface area contributed by atoms with Gasteiger partial charge in [0.1, 0.15) is 0 Å². The third-order valence-corrected chi connectivity index (χ3v) is 3.37. The Labute approximate surface area is 101 Å². The van der Waals surface area contributed by atoms with Crippen LogP contribution in [0.15, 0.2) is 0 Å². The molecule has 0 aromatic rings. The molecule has 0 saturated heterocycles. The second kappa shape index (κ2) is 9.00. The predicted octanol–water partition coefficient (Wildman–Crippen LogP) is 3.77. The van der Waals surface area contributed by atoms with Crippen molar-refractivity contribution in [1.29, 1.82) is 0 Å². The smallest absolute Gasteiger partial charge is 0.0619 e. The van der Waals surface area contributed by atoms with Gasteiger partial charge in [-0.1, -0.05) is 52.9 Å². The van der Waals surface area contributed by atoms with E-state index in [2.05, 4.69) is 6.92 Å². The molecule has 0 aliphatic heterocycles. The van der Waals surface area contributed by atoms with Crippen LogP contribution in [0.3, 0.4) is 0 Å². The van der Waals surface area contributed by atoms with Crippen LogP contribution in [0.5, 0.6) is 0 Å². The lowest BCUT2D eigenvalue weighted by molar-refractivity contribution is -0.0387. The van der Waals surface area contributed by atoms with Crippen LogP contribution < -0.4 is 0 Å². The van der Waals surface area contributed by atoms with E-state index in [1.807, 2.05) is 20.8 Å². The summed E-state index contributed by atoms with van der Waals surface area (Å²) in [6, 6.07) is 0. The minimum absolute atomic E-state index is 0.123. The molecule has 0 spiro atoms. The average molecular weight is 230 g/mol. The summed E-state index contributed by atoms with van der Waals surface area (Å²) >= 11 is 0. The minimum atomic E-state index is -0.123. The Morgan fingerprint density at radius 2 is 1.62 bits per heavy atom. The van der Waals surface area contributed by atoms with Gasteiger partial charge < -0.3 is 9.84 Å². The van der Waals surface area contributed by atoms with Crippen molar-refractivity contribution in [3.8, 4) is 0 Å². The number of unbranched alkanes of at least 4 members (excludes halogenated alkanes) is 5. The van der Waals surface area contributed by atoms with E-state index < -0.39 is 0 Å². The highest BCUT2D eigenvalue weighted by atomic mass is 16.5. The number of rotatable bonds is 10. The van der Waals surface area contributed by atoms with Crippen molar-refractivity contribution in [2.75, 3.05) is 13.2 Å². The molecule has 0 aliphatic rings. The van der Waals surface area contributed by atoms with Crippen molar-refractivity contribution < 1.29 is 9.84 Å². The third kappa shape index (κ3) is 7.24. The largest absolute Gasteiger partial charge is 0.396 e. The summed E-state index contributed by atoms with van der Waals surface area (Å²) in [5.41, 5.74) is -0.123. The van der Waals surface area contributed by atoms with E-state index in [1.54, 1.807) is 0 Å². The van der Waals surface area contributed by atoms with Crippen LogP contribution in [-0.2, 0) is 4.74 Å². The van der Waals surface area contributed by atoms with E-state index in [9.17, 15) is 5.11 Å². The first-order chi connectivity index (χ1) is 7.54. The van der Waals surface area contributed by atoms with Crippen molar-refractivity contribution in [1.82, 2.24) is 0 Å². The molecule has 0 aromatic heterocycles.